The average Bonchev–Trinajstić information content (AvgIpc) is 3.41. The summed E-state index contributed by atoms with van der Waals surface area (Å²) in [7, 11) is 0. The molecule has 1 amide bonds. The minimum absolute atomic E-state index is 0.0372. The number of amides is 1. The van der Waals surface area contributed by atoms with Crippen molar-refractivity contribution in [2.24, 2.45) is 0 Å². The van der Waals surface area contributed by atoms with Gasteiger partial charge in [0.2, 0.25) is 0 Å². The molecule has 1 aliphatic rings. The monoisotopic (exact) mass is 382 g/mol. The maximum atomic E-state index is 13.0. The summed E-state index contributed by atoms with van der Waals surface area (Å²) in [6, 6.07) is -0.0579. The molecule has 4 heterocycles. The summed E-state index contributed by atoms with van der Waals surface area (Å²) in [5, 5.41) is 0. The maximum Gasteiger partial charge on any atom is 0.266 e. The molecule has 7 nitrogen and oxygen atoms in total. The van der Waals surface area contributed by atoms with Gasteiger partial charge in [0.05, 0.1) is 35.3 Å². The van der Waals surface area contributed by atoms with E-state index in [1.54, 1.807) is 24.1 Å². The quantitative estimate of drug-likeness (QED) is 0.690. The largest absolute Gasteiger partial charge is 0.329 e. The second-order valence-electron chi connectivity index (χ2n) is 7.04. The number of likely N-dealkylation sites (tertiary alicyclic amines) is 1. The first kappa shape index (κ1) is 17.8. The highest BCUT2D eigenvalue weighted by Crippen LogP contribution is 2.33. The zero-order valence-electron chi connectivity index (χ0n) is 15.7. The number of aryl methyl sites for hydroxylation is 1. The van der Waals surface area contributed by atoms with Gasteiger partial charge in [-0.05, 0) is 19.8 Å². The van der Waals surface area contributed by atoms with Gasteiger partial charge in [0, 0.05) is 24.9 Å². The summed E-state index contributed by atoms with van der Waals surface area (Å²) in [4.78, 5) is 33.5. The van der Waals surface area contributed by atoms with Crippen LogP contribution in [0.3, 0.4) is 0 Å². The van der Waals surface area contributed by atoms with Crippen molar-refractivity contribution in [3.8, 4) is 5.82 Å². The molecule has 4 rings (SSSR count). The number of nitrogens with zero attached hydrogens (tertiary/aromatic N) is 6. The molecule has 0 aliphatic carbocycles. The van der Waals surface area contributed by atoms with Gasteiger partial charge in [0.1, 0.15) is 10.7 Å². The lowest BCUT2D eigenvalue weighted by atomic mass is 10.1. The molecule has 0 aromatic carbocycles. The van der Waals surface area contributed by atoms with E-state index in [0.29, 0.717) is 4.88 Å². The lowest BCUT2D eigenvalue weighted by molar-refractivity contribution is 0.0736. The Labute approximate surface area is 162 Å². The van der Waals surface area contributed by atoms with Crippen LogP contribution in [-0.2, 0) is 0 Å². The lowest BCUT2D eigenvalue weighted by Gasteiger charge is -2.24. The Morgan fingerprint density at radius 2 is 2.15 bits per heavy atom. The Morgan fingerprint density at radius 3 is 2.89 bits per heavy atom. The zero-order chi connectivity index (χ0) is 19.0. The van der Waals surface area contributed by atoms with Crippen molar-refractivity contribution in [3.63, 3.8) is 0 Å². The van der Waals surface area contributed by atoms with Gasteiger partial charge >= 0.3 is 0 Å². The van der Waals surface area contributed by atoms with Crippen LogP contribution in [-0.4, -0.2) is 41.9 Å². The molecule has 140 valence electrons. The fourth-order valence-corrected chi connectivity index (χ4v) is 4.30. The van der Waals surface area contributed by atoms with Crippen LogP contribution < -0.4 is 0 Å². The number of aromatic nitrogens is 5. The van der Waals surface area contributed by atoms with Gasteiger partial charge in [0.25, 0.3) is 5.91 Å². The van der Waals surface area contributed by atoms with Crippen LogP contribution in [0.1, 0.15) is 65.5 Å². The number of carbonyl (C=O) groups is 1. The summed E-state index contributed by atoms with van der Waals surface area (Å²) >= 11 is 1.40. The third-order valence-corrected chi connectivity index (χ3v) is 5.78. The van der Waals surface area contributed by atoms with Crippen LogP contribution in [0.25, 0.3) is 5.82 Å². The maximum absolute atomic E-state index is 13.0. The highest BCUT2D eigenvalue weighted by atomic mass is 32.1. The number of hydrogen-bond donors (Lipinski definition) is 0. The minimum atomic E-state index is -0.0579. The predicted molar refractivity (Wildman–Crippen MR) is 103 cm³/mol. The standard InChI is InChI=1S/C19H22N6OS/c1-12(2)18-21-6-8-25(18)16-10-20-9-14(23-16)15-5-4-7-24(15)19(26)17-13(3)22-11-27-17/h6,8-12,15H,4-5,7H2,1-3H3/t15-/m0/s1. The van der Waals surface area contributed by atoms with E-state index in [-0.39, 0.29) is 17.9 Å². The summed E-state index contributed by atoms with van der Waals surface area (Å²) in [6.07, 6.45) is 9.05. The lowest BCUT2D eigenvalue weighted by Crippen LogP contribution is -2.31. The first-order chi connectivity index (χ1) is 13.1. The van der Waals surface area contributed by atoms with E-state index >= 15 is 0 Å². The Morgan fingerprint density at radius 1 is 1.30 bits per heavy atom. The topological polar surface area (TPSA) is 76.8 Å². The average molecular weight is 382 g/mol. The number of carbonyl (C=O) groups excluding carboxylic acids is 1. The molecule has 0 N–H and O–H groups in total. The third-order valence-electron chi connectivity index (χ3n) is 4.87. The van der Waals surface area contributed by atoms with E-state index in [1.165, 1.54) is 11.3 Å². The molecule has 1 fully saturated rings. The molecule has 3 aromatic rings. The molecule has 0 unspecified atom stereocenters. The van der Waals surface area contributed by atoms with Crippen LogP contribution in [0, 0.1) is 6.92 Å². The van der Waals surface area contributed by atoms with Crippen LogP contribution in [0.15, 0.2) is 30.3 Å². The second kappa shape index (κ2) is 7.19. The molecule has 3 aromatic heterocycles. The molecular weight excluding hydrogens is 360 g/mol. The van der Waals surface area contributed by atoms with E-state index in [1.807, 2.05) is 22.6 Å². The number of thiazole rings is 1. The molecule has 1 atom stereocenters. The van der Waals surface area contributed by atoms with Crippen LogP contribution in [0.4, 0.5) is 0 Å². The van der Waals surface area contributed by atoms with E-state index in [2.05, 4.69) is 28.8 Å². The number of hydrogen-bond acceptors (Lipinski definition) is 6. The van der Waals surface area contributed by atoms with E-state index in [0.717, 1.165) is 42.4 Å². The summed E-state index contributed by atoms with van der Waals surface area (Å²) < 4.78 is 1.97. The molecule has 0 radical (unpaired) electrons. The van der Waals surface area contributed by atoms with Gasteiger partial charge < -0.3 is 4.90 Å². The SMILES string of the molecule is Cc1ncsc1C(=O)N1CCC[C@H]1c1cncc(-n2ccnc2C(C)C)n1. The van der Waals surface area contributed by atoms with Crippen molar-refractivity contribution in [1.82, 2.24) is 29.4 Å². The van der Waals surface area contributed by atoms with Gasteiger partial charge in [-0.25, -0.2) is 15.0 Å². The van der Waals surface area contributed by atoms with E-state index < -0.39 is 0 Å². The minimum Gasteiger partial charge on any atom is -0.329 e. The number of rotatable bonds is 4. The fraction of sp³-hybridized carbons (Fsp3) is 0.421. The van der Waals surface area contributed by atoms with Gasteiger partial charge in [-0.15, -0.1) is 11.3 Å². The fourth-order valence-electron chi connectivity index (χ4n) is 3.54. The molecule has 1 aliphatic heterocycles. The summed E-state index contributed by atoms with van der Waals surface area (Å²) in [6.45, 7) is 6.81. The molecule has 1 saturated heterocycles. The molecule has 0 spiro atoms. The van der Waals surface area contributed by atoms with Crippen molar-refractivity contribution in [2.45, 2.75) is 45.6 Å². The van der Waals surface area contributed by atoms with Crippen LogP contribution in [0.2, 0.25) is 0 Å². The third kappa shape index (κ3) is 3.25. The highest BCUT2D eigenvalue weighted by molar-refractivity contribution is 7.11. The Kier molecular flexibility index (Phi) is 4.73. The molecule has 8 heteroatoms. The van der Waals surface area contributed by atoms with E-state index in [4.69, 9.17) is 4.98 Å². The summed E-state index contributed by atoms with van der Waals surface area (Å²) in [5.74, 6) is 2.00. The highest BCUT2D eigenvalue weighted by Gasteiger charge is 2.33. The summed E-state index contributed by atoms with van der Waals surface area (Å²) in [5.41, 5.74) is 3.33. The van der Waals surface area contributed by atoms with Gasteiger partial charge in [-0.2, -0.15) is 0 Å². The van der Waals surface area contributed by atoms with Crippen LogP contribution >= 0.6 is 11.3 Å². The zero-order valence-corrected chi connectivity index (χ0v) is 16.5. The number of imidazole rings is 1. The van der Waals surface area contributed by atoms with Crippen molar-refractivity contribution < 1.29 is 4.79 Å². The van der Waals surface area contributed by atoms with Crippen molar-refractivity contribution in [1.29, 1.82) is 0 Å². The van der Waals surface area contributed by atoms with Crippen molar-refractivity contribution in [2.75, 3.05) is 6.54 Å². The predicted octanol–water partition coefficient (Wildman–Crippen LogP) is 3.53. The van der Waals surface area contributed by atoms with Gasteiger partial charge in [0.15, 0.2) is 5.82 Å². The van der Waals surface area contributed by atoms with E-state index in [9.17, 15) is 4.79 Å². The van der Waals surface area contributed by atoms with Crippen LogP contribution in [0.5, 0.6) is 0 Å². The molecule has 27 heavy (non-hydrogen) atoms. The van der Waals surface area contributed by atoms with Crippen molar-refractivity contribution >= 4 is 17.2 Å². The first-order valence-electron chi connectivity index (χ1n) is 9.13. The normalized spacial score (nSPS) is 17.0. The molecule has 0 bridgehead atoms. The smallest absolute Gasteiger partial charge is 0.266 e. The first-order valence-corrected chi connectivity index (χ1v) is 10.0. The Balaban J connectivity index is 1.66. The second-order valence-corrected chi connectivity index (χ2v) is 7.89. The van der Waals surface area contributed by atoms with Gasteiger partial charge in [-0.1, -0.05) is 13.8 Å². The van der Waals surface area contributed by atoms with Gasteiger partial charge in [-0.3, -0.25) is 14.3 Å². The molecular formula is C19H22N6OS. The Bertz CT molecular complexity index is 963. The Hall–Kier alpha value is -2.61. The molecule has 0 saturated carbocycles. The van der Waals surface area contributed by atoms with Crippen molar-refractivity contribution in [3.05, 3.63) is 52.4 Å².